The zero-order valence-corrected chi connectivity index (χ0v) is 22.6. The Labute approximate surface area is 225 Å². The van der Waals surface area contributed by atoms with Crippen molar-refractivity contribution in [3.05, 3.63) is 76.3 Å². The van der Waals surface area contributed by atoms with Gasteiger partial charge >= 0.3 is 5.69 Å². The quantitative estimate of drug-likeness (QED) is 0.406. The van der Waals surface area contributed by atoms with Crippen LogP contribution in [0.15, 0.2) is 59.8 Å². The fourth-order valence-electron chi connectivity index (χ4n) is 4.82. The fraction of sp³-hybridized carbons (Fsp3) is 0.321. The summed E-state index contributed by atoms with van der Waals surface area (Å²) in [6.07, 6.45) is 4.78. The monoisotopic (exact) mass is 536 g/mol. The molecular weight excluding hydrogens is 507 g/mol. The van der Waals surface area contributed by atoms with E-state index in [2.05, 4.69) is 40.8 Å². The molecule has 198 valence electrons. The molecule has 0 radical (unpaired) electrons. The van der Waals surface area contributed by atoms with Crippen molar-refractivity contribution in [2.24, 2.45) is 7.05 Å². The van der Waals surface area contributed by atoms with Gasteiger partial charge in [-0.3, -0.25) is 9.47 Å². The third-order valence-electron chi connectivity index (χ3n) is 7.05. The number of aryl methyl sites for hydroxylation is 1. The van der Waals surface area contributed by atoms with Crippen LogP contribution in [0.5, 0.6) is 5.75 Å². The predicted molar refractivity (Wildman–Crippen MR) is 148 cm³/mol. The van der Waals surface area contributed by atoms with Crippen LogP contribution in [0.3, 0.4) is 0 Å². The number of nitrogens with zero attached hydrogens (tertiary/aromatic N) is 6. The third kappa shape index (κ3) is 4.91. The number of anilines is 1. The molecule has 0 atom stereocenters. The lowest BCUT2D eigenvalue weighted by atomic mass is 9.97. The zero-order chi connectivity index (χ0) is 27.2. The van der Waals surface area contributed by atoms with E-state index in [1.54, 1.807) is 37.6 Å². The van der Waals surface area contributed by atoms with Crippen LogP contribution in [-0.4, -0.2) is 61.1 Å². The topological polar surface area (TPSA) is 79.4 Å². The summed E-state index contributed by atoms with van der Waals surface area (Å²) in [5.74, 6) is 0.0787. The third-order valence-corrected chi connectivity index (χ3v) is 7.35. The standard InChI is InChI=1S/C28H30ClFN6O2/c1-28(2,3)35-10-8-34(9-11-35)25-14-19(17-31-32-25)22-16-20(30)15-21(26(22)37)18-5-6-24(23(29)13-18)36-12-7-33(4)27(36)38/h5-7,12-17,37H,8-11H2,1-4H3. The van der Waals surface area contributed by atoms with Gasteiger partial charge in [0.05, 0.1) is 16.9 Å². The second-order valence-electron chi connectivity index (χ2n) is 10.5. The number of aromatic nitrogens is 4. The number of benzene rings is 2. The molecule has 1 fully saturated rings. The number of hydrogen-bond donors (Lipinski definition) is 1. The molecule has 10 heteroatoms. The summed E-state index contributed by atoms with van der Waals surface area (Å²) in [5, 5.41) is 20.0. The maximum atomic E-state index is 14.8. The zero-order valence-electron chi connectivity index (χ0n) is 21.8. The summed E-state index contributed by atoms with van der Waals surface area (Å²) >= 11 is 6.52. The first-order valence-corrected chi connectivity index (χ1v) is 12.8. The molecule has 0 aliphatic carbocycles. The van der Waals surface area contributed by atoms with E-state index in [0.717, 1.165) is 26.2 Å². The number of phenolic OH excluding ortho intramolecular Hbond substituents is 1. The van der Waals surface area contributed by atoms with E-state index < -0.39 is 5.82 Å². The highest BCUT2D eigenvalue weighted by Gasteiger charge is 2.27. The van der Waals surface area contributed by atoms with E-state index in [1.165, 1.54) is 27.5 Å². The summed E-state index contributed by atoms with van der Waals surface area (Å²) in [6.45, 7) is 10.0. The van der Waals surface area contributed by atoms with Crippen molar-refractivity contribution in [3.63, 3.8) is 0 Å². The van der Waals surface area contributed by atoms with Gasteiger partial charge in [-0.05, 0) is 56.7 Å². The van der Waals surface area contributed by atoms with E-state index in [9.17, 15) is 14.3 Å². The normalized spacial score (nSPS) is 14.7. The second-order valence-corrected chi connectivity index (χ2v) is 10.9. The molecule has 1 N–H and O–H groups in total. The average molecular weight is 537 g/mol. The van der Waals surface area contributed by atoms with Gasteiger partial charge in [0.1, 0.15) is 11.6 Å². The van der Waals surface area contributed by atoms with Gasteiger partial charge in [0.25, 0.3) is 0 Å². The molecule has 4 aromatic rings. The molecule has 0 spiro atoms. The SMILES string of the molecule is Cn1ccn(-c2ccc(-c3cc(F)cc(-c4cnnc(N5CCN(C(C)(C)C)CC5)c4)c3O)cc2Cl)c1=O. The summed E-state index contributed by atoms with van der Waals surface area (Å²) in [4.78, 5) is 16.9. The number of rotatable bonds is 4. The fourth-order valence-corrected chi connectivity index (χ4v) is 5.09. The Kier molecular flexibility index (Phi) is 6.75. The Bertz CT molecular complexity index is 1550. The van der Waals surface area contributed by atoms with E-state index in [0.29, 0.717) is 33.2 Å². The van der Waals surface area contributed by atoms with E-state index >= 15 is 0 Å². The van der Waals surface area contributed by atoms with Gasteiger partial charge in [-0.1, -0.05) is 17.7 Å². The first kappa shape index (κ1) is 25.9. The number of aromatic hydroxyl groups is 1. The molecule has 38 heavy (non-hydrogen) atoms. The molecule has 0 unspecified atom stereocenters. The maximum Gasteiger partial charge on any atom is 0.332 e. The molecule has 0 saturated carbocycles. The minimum absolute atomic E-state index is 0.0939. The summed E-state index contributed by atoms with van der Waals surface area (Å²) in [7, 11) is 1.65. The molecule has 1 aliphatic rings. The largest absolute Gasteiger partial charge is 0.507 e. The maximum absolute atomic E-state index is 14.8. The van der Waals surface area contributed by atoms with Crippen LogP contribution in [0.2, 0.25) is 5.02 Å². The van der Waals surface area contributed by atoms with Crippen LogP contribution in [0.4, 0.5) is 10.2 Å². The molecule has 3 heterocycles. The number of imidazole rings is 1. The summed E-state index contributed by atoms with van der Waals surface area (Å²) in [6, 6.07) is 9.36. The van der Waals surface area contributed by atoms with Gasteiger partial charge < -0.3 is 14.6 Å². The second kappa shape index (κ2) is 9.89. The van der Waals surface area contributed by atoms with Gasteiger partial charge in [0.15, 0.2) is 5.82 Å². The molecule has 2 aromatic carbocycles. The van der Waals surface area contributed by atoms with Crippen LogP contribution >= 0.6 is 11.6 Å². The van der Waals surface area contributed by atoms with Crippen LogP contribution in [0.25, 0.3) is 27.9 Å². The molecule has 1 aliphatic heterocycles. The highest BCUT2D eigenvalue weighted by Crippen LogP contribution is 2.40. The minimum Gasteiger partial charge on any atom is -0.507 e. The molecule has 0 bridgehead atoms. The van der Waals surface area contributed by atoms with Gasteiger partial charge in [0.2, 0.25) is 0 Å². The molecule has 1 saturated heterocycles. The van der Waals surface area contributed by atoms with E-state index in [-0.39, 0.29) is 22.5 Å². The van der Waals surface area contributed by atoms with Crippen molar-refractivity contribution in [1.29, 1.82) is 0 Å². The number of halogens is 2. The first-order chi connectivity index (χ1) is 18.0. The van der Waals surface area contributed by atoms with Crippen molar-refractivity contribution in [2.45, 2.75) is 26.3 Å². The Hall–Kier alpha value is -3.69. The number of phenols is 1. The van der Waals surface area contributed by atoms with Crippen LogP contribution in [0.1, 0.15) is 20.8 Å². The van der Waals surface area contributed by atoms with Gasteiger partial charge in [-0.15, -0.1) is 5.10 Å². The highest BCUT2D eigenvalue weighted by molar-refractivity contribution is 6.32. The Morgan fingerprint density at radius 2 is 1.66 bits per heavy atom. The van der Waals surface area contributed by atoms with Crippen LogP contribution in [0, 0.1) is 5.82 Å². The van der Waals surface area contributed by atoms with Gasteiger partial charge in [0, 0.05) is 67.8 Å². The lowest BCUT2D eigenvalue weighted by molar-refractivity contribution is 0.128. The van der Waals surface area contributed by atoms with E-state index in [1.807, 2.05) is 6.07 Å². The molecular formula is C28H30ClFN6O2. The minimum atomic E-state index is -0.510. The van der Waals surface area contributed by atoms with E-state index in [4.69, 9.17) is 11.6 Å². The first-order valence-electron chi connectivity index (χ1n) is 12.4. The van der Waals surface area contributed by atoms with Crippen molar-refractivity contribution in [2.75, 3.05) is 31.1 Å². The lowest BCUT2D eigenvalue weighted by Gasteiger charge is -2.42. The Morgan fingerprint density at radius 3 is 2.26 bits per heavy atom. The van der Waals surface area contributed by atoms with Crippen molar-refractivity contribution >= 4 is 17.4 Å². The molecule has 5 rings (SSSR count). The number of piperazine rings is 1. The van der Waals surface area contributed by atoms with Gasteiger partial charge in [-0.25, -0.2) is 9.18 Å². The molecule has 2 aromatic heterocycles. The van der Waals surface area contributed by atoms with Crippen LogP contribution in [-0.2, 0) is 7.05 Å². The molecule has 8 nitrogen and oxygen atoms in total. The Morgan fingerprint density at radius 1 is 0.974 bits per heavy atom. The van der Waals surface area contributed by atoms with Crippen molar-refractivity contribution < 1.29 is 9.50 Å². The Balaban J connectivity index is 1.47. The van der Waals surface area contributed by atoms with Crippen molar-refractivity contribution in [1.82, 2.24) is 24.2 Å². The number of hydrogen-bond acceptors (Lipinski definition) is 6. The smallest absolute Gasteiger partial charge is 0.332 e. The summed E-state index contributed by atoms with van der Waals surface area (Å²) < 4.78 is 17.7. The average Bonchev–Trinajstić information content (AvgIpc) is 3.22. The summed E-state index contributed by atoms with van der Waals surface area (Å²) in [5.41, 5.74) is 2.02. The van der Waals surface area contributed by atoms with Crippen molar-refractivity contribution in [3.8, 4) is 33.7 Å². The van der Waals surface area contributed by atoms with Crippen LogP contribution < -0.4 is 10.6 Å². The highest BCUT2D eigenvalue weighted by atomic mass is 35.5. The van der Waals surface area contributed by atoms with Gasteiger partial charge in [-0.2, -0.15) is 5.10 Å². The predicted octanol–water partition coefficient (Wildman–Crippen LogP) is 4.72. The lowest BCUT2D eigenvalue weighted by Crippen LogP contribution is -2.53. The molecule has 0 amide bonds.